The minimum Gasteiger partial charge on any atom is -0.256 e. The Morgan fingerprint density at radius 2 is 1.76 bits per heavy atom. The van der Waals surface area contributed by atoms with E-state index in [2.05, 4.69) is 52.5 Å². The van der Waals surface area contributed by atoms with Crippen LogP contribution in [0.2, 0.25) is 5.02 Å². The Labute approximate surface area is 130 Å². The van der Waals surface area contributed by atoms with Crippen molar-refractivity contribution in [3.05, 3.63) is 77.8 Å². The molecule has 105 valence electrons. The van der Waals surface area contributed by atoms with Crippen molar-refractivity contribution in [2.75, 3.05) is 0 Å². The van der Waals surface area contributed by atoms with Crippen molar-refractivity contribution in [1.82, 2.24) is 14.8 Å². The van der Waals surface area contributed by atoms with Crippen LogP contribution < -0.4 is 5.19 Å². The molecule has 0 bridgehead atoms. The maximum atomic E-state index is 5.97. The molecule has 1 heterocycles. The molecule has 0 amide bonds. The van der Waals surface area contributed by atoms with Crippen LogP contribution >= 0.6 is 11.6 Å². The lowest BCUT2D eigenvalue weighted by Crippen LogP contribution is -2.37. The van der Waals surface area contributed by atoms with E-state index in [0.29, 0.717) is 0 Å². The quantitative estimate of drug-likeness (QED) is 0.678. The molecule has 0 unspecified atom stereocenters. The molecular weight excluding hydrogens is 298 g/mol. The number of aromatic nitrogens is 3. The van der Waals surface area contributed by atoms with E-state index in [4.69, 9.17) is 11.6 Å². The molecule has 2 aromatic carbocycles. The van der Waals surface area contributed by atoms with Crippen LogP contribution in [0.4, 0.5) is 0 Å². The van der Waals surface area contributed by atoms with E-state index in [1.807, 2.05) is 16.8 Å². The summed E-state index contributed by atoms with van der Waals surface area (Å²) in [4.78, 5) is 4.04. The summed E-state index contributed by atoms with van der Waals surface area (Å²) in [6.07, 6.45) is 4.29. The van der Waals surface area contributed by atoms with Crippen LogP contribution in [-0.4, -0.2) is 23.6 Å². The van der Waals surface area contributed by atoms with E-state index in [1.54, 1.807) is 12.7 Å². The SMILES string of the molecule is Clc1ccc(C[Si](Cn2cncn2)c2ccccc2)cc1. The molecule has 0 aliphatic rings. The van der Waals surface area contributed by atoms with Gasteiger partial charge in [-0.15, -0.1) is 0 Å². The minimum atomic E-state index is -0.792. The number of hydrogen-bond acceptors (Lipinski definition) is 2. The largest absolute Gasteiger partial charge is 0.256 e. The summed E-state index contributed by atoms with van der Waals surface area (Å²) in [5, 5.41) is 6.44. The first-order chi connectivity index (χ1) is 10.3. The zero-order valence-corrected chi connectivity index (χ0v) is 13.2. The maximum absolute atomic E-state index is 5.97. The molecule has 0 aliphatic carbocycles. The normalized spacial score (nSPS) is 11.0. The molecule has 1 aromatic heterocycles. The highest BCUT2D eigenvalue weighted by molar-refractivity contribution is 6.71. The van der Waals surface area contributed by atoms with Gasteiger partial charge >= 0.3 is 0 Å². The lowest BCUT2D eigenvalue weighted by molar-refractivity contribution is 0.729. The first kappa shape index (κ1) is 14.0. The van der Waals surface area contributed by atoms with Gasteiger partial charge in [0.1, 0.15) is 21.5 Å². The Bertz CT molecular complexity index is 669. The fourth-order valence-corrected chi connectivity index (χ4v) is 4.85. The second-order valence-electron chi connectivity index (χ2n) is 4.87. The van der Waals surface area contributed by atoms with Gasteiger partial charge in [-0.25, -0.2) is 4.98 Å². The van der Waals surface area contributed by atoms with Crippen LogP contribution in [0.5, 0.6) is 0 Å². The first-order valence-electron chi connectivity index (χ1n) is 6.78. The second kappa shape index (κ2) is 6.69. The summed E-state index contributed by atoms with van der Waals surface area (Å²) in [7, 11) is -0.792. The molecule has 0 spiro atoms. The molecule has 3 nitrogen and oxygen atoms in total. The number of rotatable bonds is 5. The van der Waals surface area contributed by atoms with Gasteiger partial charge in [0.15, 0.2) is 0 Å². The highest BCUT2D eigenvalue weighted by atomic mass is 35.5. The van der Waals surface area contributed by atoms with Crippen LogP contribution in [-0.2, 0) is 12.2 Å². The minimum absolute atomic E-state index is 0.781. The maximum Gasteiger partial charge on any atom is 0.137 e. The van der Waals surface area contributed by atoms with Crippen molar-refractivity contribution in [1.29, 1.82) is 0 Å². The molecule has 0 saturated heterocycles. The third kappa shape index (κ3) is 3.80. The van der Waals surface area contributed by atoms with Gasteiger partial charge in [-0.05, 0) is 18.2 Å². The fourth-order valence-electron chi connectivity index (χ4n) is 2.28. The average Bonchev–Trinajstić information content (AvgIpc) is 3.03. The van der Waals surface area contributed by atoms with Gasteiger partial charge in [0.05, 0.1) is 0 Å². The van der Waals surface area contributed by atoms with Crippen molar-refractivity contribution < 1.29 is 0 Å². The second-order valence-corrected chi connectivity index (χ2v) is 7.76. The van der Waals surface area contributed by atoms with Crippen molar-refractivity contribution in [3.8, 4) is 0 Å². The molecule has 0 fully saturated rings. The van der Waals surface area contributed by atoms with Gasteiger partial charge in [0.25, 0.3) is 0 Å². The lowest BCUT2D eigenvalue weighted by Gasteiger charge is -2.15. The monoisotopic (exact) mass is 312 g/mol. The predicted octanol–water partition coefficient (Wildman–Crippen LogP) is 2.65. The topological polar surface area (TPSA) is 30.7 Å². The van der Waals surface area contributed by atoms with Gasteiger partial charge in [-0.3, -0.25) is 4.68 Å². The van der Waals surface area contributed by atoms with Gasteiger partial charge in [0, 0.05) is 11.2 Å². The van der Waals surface area contributed by atoms with Crippen molar-refractivity contribution in [2.24, 2.45) is 0 Å². The highest BCUT2D eigenvalue weighted by Gasteiger charge is 2.16. The van der Waals surface area contributed by atoms with E-state index < -0.39 is 8.80 Å². The van der Waals surface area contributed by atoms with Crippen LogP contribution in [0.25, 0.3) is 0 Å². The molecule has 0 aliphatic heterocycles. The van der Waals surface area contributed by atoms with Crippen molar-refractivity contribution in [3.63, 3.8) is 0 Å². The summed E-state index contributed by atoms with van der Waals surface area (Å²) in [6, 6.07) is 19.9. The van der Waals surface area contributed by atoms with Gasteiger partial charge in [0.2, 0.25) is 0 Å². The summed E-state index contributed by atoms with van der Waals surface area (Å²) in [6.45, 7) is 0. The highest BCUT2D eigenvalue weighted by Crippen LogP contribution is 2.11. The van der Waals surface area contributed by atoms with E-state index in [9.17, 15) is 0 Å². The third-order valence-corrected chi connectivity index (χ3v) is 6.27. The van der Waals surface area contributed by atoms with Crippen LogP contribution in [0, 0.1) is 0 Å². The first-order valence-corrected chi connectivity index (χ1v) is 9.07. The summed E-state index contributed by atoms with van der Waals surface area (Å²) in [5.74, 6) is 0. The van der Waals surface area contributed by atoms with Crippen LogP contribution in [0.15, 0.2) is 67.3 Å². The Kier molecular flexibility index (Phi) is 4.48. The molecule has 3 rings (SSSR count). The van der Waals surface area contributed by atoms with E-state index >= 15 is 0 Å². The standard InChI is InChI=1S/C16H15ClN3Si/c17-15-8-6-14(7-9-15)10-21(13-20-12-18-11-19-20)16-4-2-1-3-5-16/h1-9,11-12H,10,13H2. The Morgan fingerprint density at radius 3 is 2.43 bits per heavy atom. The zero-order valence-electron chi connectivity index (χ0n) is 11.5. The van der Waals surface area contributed by atoms with E-state index in [0.717, 1.165) is 17.2 Å². The average molecular weight is 313 g/mol. The lowest BCUT2D eigenvalue weighted by atomic mass is 10.2. The molecule has 5 heteroatoms. The van der Waals surface area contributed by atoms with E-state index in [1.165, 1.54) is 10.8 Å². The summed E-state index contributed by atoms with van der Waals surface area (Å²) in [5.41, 5.74) is 1.32. The molecule has 0 N–H and O–H groups in total. The Morgan fingerprint density at radius 1 is 1.00 bits per heavy atom. The molecule has 0 saturated carbocycles. The van der Waals surface area contributed by atoms with Crippen LogP contribution in [0.1, 0.15) is 5.56 Å². The van der Waals surface area contributed by atoms with Crippen molar-refractivity contribution >= 4 is 25.6 Å². The Hall–Kier alpha value is -1.91. The smallest absolute Gasteiger partial charge is 0.137 e. The van der Waals surface area contributed by atoms with Gasteiger partial charge < -0.3 is 0 Å². The fraction of sp³-hybridized carbons (Fsp3) is 0.125. The molecular formula is C16H15ClN3Si. The number of halogens is 1. The van der Waals surface area contributed by atoms with Gasteiger partial charge in [-0.2, -0.15) is 5.10 Å². The Balaban J connectivity index is 1.83. The predicted molar refractivity (Wildman–Crippen MR) is 87.0 cm³/mol. The molecule has 0 atom stereocenters. The number of nitrogens with zero attached hydrogens (tertiary/aromatic N) is 3. The van der Waals surface area contributed by atoms with Crippen LogP contribution in [0.3, 0.4) is 0 Å². The van der Waals surface area contributed by atoms with Crippen molar-refractivity contribution in [2.45, 2.75) is 12.2 Å². The zero-order chi connectivity index (χ0) is 14.5. The van der Waals surface area contributed by atoms with E-state index in [-0.39, 0.29) is 0 Å². The number of hydrogen-bond donors (Lipinski definition) is 0. The number of benzene rings is 2. The third-order valence-electron chi connectivity index (χ3n) is 3.33. The molecule has 21 heavy (non-hydrogen) atoms. The summed E-state index contributed by atoms with van der Waals surface area (Å²) < 4.78 is 1.93. The molecule has 3 aromatic rings. The van der Waals surface area contributed by atoms with Gasteiger partial charge in [-0.1, -0.05) is 64.8 Å². The summed E-state index contributed by atoms with van der Waals surface area (Å²) >= 11 is 5.97. The molecule has 1 radical (unpaired) electrons.